The van der Waals surface area contributed by atoms with Gasteiger partial charge in [0, 0.05) is 22.8 Å². The van der Waals surface area contributed by atoms with Gasteiger partial charge in [-0.2, -0.15) is 0 Å². The van der Waals surface area contributed by atoms with Crippen LogP contribution in [0, 0.1) is 0 Å². The van der Waals surface area contributed by atoms with Crippen molar-refractivity contribution in [2.24, 2.45) is 0 Å². The van der Waals surface area contributed by atoms with Gasteiger partial charge in [-0.15, -0.1) is 11.3 Å². The molecule has 1 unspecified atom stereocenters. The zero-order valence-corrected chi connectivity index (χ0v) is 12.3. The summed E-state index contributed by atoms with van der Waals surface area (Å²) in [5.74, 6) is -0.224. The summed E-state index contributed by atoms with van der Waals surface area (Å²) in [5, 5.41) is 3.25. The molecule has 0 saturated carbocycles. The highest BCUT2D eigenvalue weighted by atomic mass is 32.1. The van der Waals surface area contributed by atoms with E-state index in [4.69, 9.17) is 4.74 Å². The van der Waals surface area contributed by atoms with Gasteiger partial charge in [0.1, 0.15) is 6.04 Å². The van der Waals surface area contributed by atoms with Gasteiger partial charge in [0.2, 0.25) is 0 Å². The molecule has 0 aliphatic heterocycles. The number of hydrogen-bond donors (Lipinski definition) is 1. The highest BCUT2D eigenvalue weighted by molar-refractivity contribution is 7.12. The molecule has 1 rings (SSSR count). The van der Waals surface area contributed by atoms with E-state index in [0.717, 1.165) is 24.4 Å². The number of nitrogens with zero attached hydrogens (tertiary/aromatic N) is 1. The molecule has 0 bridgehead atoms. The largest absolute Gasteiger partial charge is 0.468 e. The van der Waals surface area contributed by atoms with Crippen LogP contribution in [0.3, 0.4) is 0 Å². The summed E-state index contributed by atoms with van der Waals surface area (Å²) in [4.78, 5) is 16.2. The van der Waals surface area contributed by atoms with Gasteiger partial charge >= 0.3 is 5.97 Å². The highest BCUT2D eigenvalue weighted by Crippen LogP contribution is 2.24. The maximum atomic E-state index is 11.8. The van der Waals surface area contributed by atoms with Crippen molar-refractivity contribution < 1.29 is 9.53 Å². The normalized spacial score (nSPS) is 12.7. The fourth-order valence-electron chi connectivity index (χ4n) is 1.59. The average molecular weight is 270 g/mol. The Bertz CT molecular complexity index is 377. The number of ether oxygens (including phenoxy) is 1. The molecule has 0 aliphatic rings. The summed E-state index contributed by atoms with van der Waals surface area (Å²) >= 11 is 1.67. The van der Waals surface area contributed by atoms with Crippen molar-refractivity contribution in [2.75, 3.05) is 34.3 Å². The summed E-state index contributed by atoms with van der Waals surface area (Å²) in [5.41, 5.74) is 0. The van der Waals surface area contributed by atoms with Crippen molar-refractivity contribution in [3.05, 3.63) is 21.9 Å². The second-order valence-electron chi connectivity index (χ2n) is 4.37. The SMILES string of the molecule is CCc1ccc(C(NCCN(C)C)C(=O)OC)s1. The topological polar surface area (TPSA) is 41.6 Å². The lowest BCUT2D eigenvalue weighted by molar-refractivity contribution is -0.143. The summed E-state index contributed by atoms with van der Waals surface area (Å²) in [7, 11) is 5.45. The van der Waals surface area contributed by atoms with Gasteiger partial charge in [0.05, 0.1) is 7.11 Å². The zero-order valence-electron chi connectivity index (χ0n) is 11.5. The quantitative estimate of drug-likeness (QED) is 0.765. The molecule has 5 heteroatoms. The van der Waals surface area contributed by atoms with Gasteiger partial charge in [-0.1, -0.05) is 6.92 Å². The predicted octanol–water partition coefficient (Wildman–Crippen LogP) is 1.68. The van der Waals surface area contributed by atoms with Gasteiger partial charge < -0.3 is 9.64 Å². The Hall–Kier alpha value is -0.910. The lowest BCUT2D eigenvalue weighted by atomic mass is 10.2. The maximum Gasteiger partial charge on any atom is 0.328 e. The zero-order chi connectivity index (χ0) is 13.5. The molecule has 1 atom stereocenters. The summed E-state index contributed by atoms with van der Waals surface area (Å²) in [6.45, 7) is 3.76. The van der Waals surface area contributed by atoms with Crippen LogP contribution in [-0.4, -0.2) is 45.2 Å². The van der Waals surface area contributed by atoms with E-state index >= 15 is 0 Å². The molecule has 1 aromatic heterocycles. The molecule has 102 valence electrons. The smallest absolute Gasteiger partial charge is 0.328 e. The van der Waals surface area contributed by atoms with Gasteiger partial charge in [-0.05, 0) is 32.6 Å². The Morgan fingerprint density at radius 3 is 2.72 bits per heavy atom. The van der Waals surface area contributed by atoms with E-state index in [2.05, 4.69) is 23.2 Å². The van der Waals surface area contributed by atoms with Crippen LogP contribution in [-0.2, 0) is 16.0 Å². The number of rotatable bonds is 7. The number of hydrogen-bond acceptors (Lipinski definition) is 5. The predicted molar refractivity (Wildman–Crippen MR) is 75.0 cm³/mol. The van der Waals surface area contributed by atoms with Crippen LogP contribution in [0.5, 0.6) is 0 Å². The van der Waals surface area contributed by atoms with Crippen molar-refractivity contribution in [1.29, 1.82) is 0 Å². The highest BCUT2D eigenvalue weighted by Gasteiger charge is 2.22. The molecule has 0 spiro atoms. The molecule has 18 heavy (non-hydrogen) atoms. The minimum Gasteiger partial charge on any atom is -0.468 e. The third-order valence-corrected chi connectivity index (χ3v) is 3.95. The lowest BCUT2D eigenvalue weighted by Gasteiger charge is -2.17. The number of methoxy groups -OCH3 is 1. The van der Waals surface area contributed by atoms with E-state index in [1.165, 1.54) is 12.0 Å². The van der Waals surface area contributed by atoms with Crippen molar-refractivity contribution in [3.63, 3.8) is 0 Å². The molecule has 0 amide bonds. The number of esters is 1. The molecule has 4 nitrogen and oxygen atoms in total. The molecular weight excluding hydrogens is 248 g/mol. The van der Waals surface area contributed by atoms with E-state index in [-0.39, 0.29) is 12.0 Å². The molecule has 1 heterocycles. The first kappa shape index (κ1) is 15.1. The van der Waals surface area contributed by atoms with Gasteiger partial charge in [-0.25, -0.2) is 4.79 Å². The Labute approximate surface area is 113 Å². The molecule has 0 saturated heterocycles. The number of carbonyl (C=O) groups is 1. The van der Waals surface area contributed by atoms with Gasteiger partial charge in [-0.3, -0.25) is 5.32 Å². The van der Waals surface area contributed by atoms with Crippen LogP contribution in [0.1, 0.15) is 22.7 Å². The Kier molecular flexibility index (Phi) is 6.32. The molecular formula is C13H22N2O2S. The number of carbonyl (C=O) groups excluding carboxylic acids is 1. The van der Waals surface area contributed by atoms with Crippen LogP contribution in [0.2, 0.25) is 0 Å². The Balaban J connectivity index is 2.68. The molecule has 0 fully saturated rings. The van der Waals surface area contributed by atoms with E-state index < -0.39 is 0 Å². The number of nitrogens with one attached hydrogen (secondary N) is 1. The minimum absolute atomic E-state index is 0.224. The summed E-state index contributed by atoms with van der Waals surface area (Å²) < 4.78 is 4.86. The van der Waals surface area contributed by atoms with Crippen LogP contribution < -0.4 is 5.32 Å². The molecule has 1 aromatic rings. The maximum absolute atomic E-state index is 11.8. The number of likely N-dealkylation sites (N-methyl/N-ethyl adjacent to an activating group) is 1. The third-order valence-electron chi connectivity index (χ3n) is 2.66. The van der Waals surface area contributed by atoms with E-state index in [1.807, 2.05) is 20.2 Å². The first-order valence-electron chi connectivity index (χ1n) is 6.13. The van der Waals surface area contributed by atoms with Crippen molar-refractivity contribution in [2.45, 2.75) is 19.4 Å². The van der Waals surface area contributed by atoms with E-state index in [9.17, 15) is 4.79 Å². The lowest BCUT2D eigenvalue weighted by Crippen LogP contribution is -2.34. The molecule has 1 N–H and O–H groups in total. The fraction of sp³-hybridized carbons (Fsp3) is 0.615. The van der Waals surface area contributed by atoms with Crippen molar-refractivity contribution >= 4 is 17.3 Å². The number of aryl methyl sites for hydroxylation is 1. The first-order valence-corrected chi connectivity index (χ1v) is 6.94. The van der Waals surface area contributed by atoms with Crippen LogP contribution >= 0.6 is 11.3 Å². The molecule has 0 aliphatic carbocycles. The molecule has 0 aromatic carbocycles. The number of thiophene rings is 1. The summed E-state index contributed by atoms with van der Waals surface area (Å²) in [6.07, 6.45) is 0.996. The van der Waals surface area contributed by atoms with Crippen LogP contribution in [0.25, 0.3) is 0 Å². The van der Waals surface area contributed by atoms with Crippen molar-refractivity contribution in [1.82, 2.24) is 10.2 Å². The first-order chi connectivity index (χ1) is 8.58. The second-order valence-corrected chi connectivity index (χ2v) is 5.57. The van der Waals surface area contributed by atoms with E-state index in [0.29, 0.717) is 0 Å². The Morgan fingerprint density at radius 2 is 2.22 bits per heavy atom. The van der Waals surface area contributed by atoms with Gasteiger partial charge in [0.15, 0.2) is 0 Å². The third kappa shape index (κ3) is 4.40. The monoisotopic (exact) mass is 270 g/mol. The molecule has 0 radical (unpaired) electrons. The van der Waals surface area contributed by atoms with E-state index in [1.54, 1.807) is 11.3 Å². The average Bonchev–Trinajstić information content (AvgIpc) is 2.82. The fourth-order valence-corrected chi connectivity index (χ4v) is 2.61. The van der Waals surface area contributed by atoms with Crippen LogP contribution in [0.4, 0.5) is 0 Å². The van der Waals surface area contributed by atoms with Crippen molar-refractivity contribution in [3.8, 4) is 0 Å². The van der Waals surface area contributed by atoms with Gasteiger partial charge in [0.25, 0.3) is 0 Å². The minimum atomic E-state index is -0.347. The summed E-state index contributed by atoms with van der Waals surface area (Å²) in [6, 6.07) is 3.73. The Morgan fingerprint density at radius 1 is 1.50 bits per heavy atom. The standard InChI is InChI=1S/C13H22N2O2S/c1-5-10-6-7-11(18-10)12(13(16)17-4)14-8-9-15(2)3/h6-7,12,14H,5,8-9H2,1-4H3. The second kappa shape index (κ2) is 7.51. The van der Waals surface area contributed by atoms with Crippen LogP contribution in [0.15, 0.2) is 12.1 Å².